The minimum atomic E-state index is -0.873. The highest BCUT2D eigenvalue weighted by Gasteiger charge is 2.17. The molecule has 4 aromatic carbocycles. The van der Waals surface area contributed by atoms with Gasteiger partial charge in [-0.05, 0) is 53.6 Å². The van der Waals surface area contributed by atoms with Gasteiger partial charge in [-0.3, -0.25) is 9.59 Å². The average molecular weight is 526 g/mol. The van der Waals surface area contributed by atoms with Crippen molar-refractivity contribution in [1.29, 1.82) is 0 Å². The number of amides is 3. The first kappa shape index (κ1) is 26.5. The van der Waals surface area contributed by atoms with Crippen molar-refractivity contribution in [2.45, 2.75) is 23.1 Å². The Morgan fingerprint density at radius 3 is 2.11 bits per heavy atom. The van der Waals surface area contributed by atoms with E-state index in [1.807, 2.05) is 78.9 Å². The standard InChI is InChI=1S/C30H27N3O4S/c34-28(35)19-27(22-10-5-2-6-11-22)38-26-13-7-12-25(18-26)32-29(36)23-14-16-24(17-15-23)33-30(37)31-20-21-8-3-1-4-9-21/h1-18,27H,19-20H2,(H,32,36)(H,34,35)(H2,31,33,37). The number of carbonyl (C=O) groups excluding carboxylic acids is 2. The maximum absolute atomic E-state index is 12.8. The number of anilines is 2. The minimum Gasteiger partial charge on any atom is -0.481 e. The summed E-state index contributed by atoms with van der Waals surface area (Å²) in [7, 11) is 0. The lowest BCUT2D eigenvalue weighted by atomic mass is 10.1. The lowest BCUT2D eigenvalue weighted by molar-refractivity contribution is -0.137. The van der Waals surface area contributed by atoms with Gasteiger partial charge in [0, 0.05) is 33.6 Å². The van der Waals surface area contributed by atoms with Gasteiger partial charge < -0.3 is 21.1 Å². The summed E-state index contributed by atoms with van der Waals surface area (Å²) in [6, 6.07) is 32.7. The predicted octanol–water partition coefficient (Wildman–Crippen LogP) is 6.57. The first-order chi connectivity index (χ1) is 18.5. The van der Waals surface area contributed by atoms with Crippen molar-refractivity contribution in [3.63, 3.8) is 0 Å². The summed E-state index contributed by atoms with van der Waals surface area (Å²) in [4.78, 5) is 37.2. The molecule has 4 rings (SSSR count). The number of benzene rings is 4. The van der Waals surface area contributed by atoms with E-state index in [0.29, 0.717) is 23.5 Å². The molecule has 0 aliphatic heterocycles. The summed E-state index contributed by atoms with van der Waals surface area (Å²) in [6.45, 7) is 0.410. The molecule has 0 aliphatic carbocycles. The second-order valence-electron chi connectivity index (χ2n) is 8.47. The lowest BCUT2D eigenvalue weighted by Crippen LogP contribution is -2.28. The van der Waals surface area contributed by atoms with E-state index in [2.05, 4.69) is 16.0 Å². The van der Waals surface area contributed by atoms with E-state index in [0.717, 1.165) is 16.0 Å². The third-order valence-electron chi connectivity index (χ3n) is 5.60. The molecule has 1 atom stereocenters. The maximum atomic E-state index is 12.8. The maximum Gasteiger partial charge on any atom is 0.319 e. The van der Waals surface area contributed by atoms with Crippen LogP contribution >= 0.6 is 11.8 Å². The second kappa shape index (κ2) is 13.1. The van der Waals surface area contributed by atoms with Crippen molar-refractivity contribution in [3.8, 4) is 0 Å². The Morgan fingerprint density at radius 1 is 0.737 bits per heavy atom. The normalized spacial score (nSPS) is 11.3. The molecule has 0 spiro atoms. The van der Waals surface area contributed by atoms with Crippen molar-refractivity contribution in [3.05, 3.63) is 126 Å². The predicted molar refractivity (Wildman–Crippen MR) is 150 cm³/mol. The summed E-state index contributed by atoms with van der Waals surface area (Å²) < 4.78 is 0. The van der Waals surface area contributed by atoms with Crippen molar-refractivity contribution >= 4 is 41.0 Å². The molecule has 0 heterocycles. The van der Waals surface area contributed by atoms with Gasteiger partial charge in [0.05, 0.1) is 6.42 Å². The van der Waals surface area contributed by atoms with Gasteiger partial charge in [-0.15, -0.1) is 11.8 Å². The van der Waals surface area contributed by atoms with Crippen LogP contribution in [0, 0.1) is 0 Å². The fourth-order valence-corrected chi connectivity index (χ4v) is 4.93. The van der Waals surface area contributed by atoms with E-state index in [1.54, 1.807) is 30.3 Å². The molecular formula is C30H27N3O4S. The molecular weight excluding hydrogens is 498 g/mol. The van der Waals surface area contributed by atoms with Gasteiger partial charge in [0.1, 0.15) is 0 Å². The average Bonchev–Trinajstić information content (AvgIpc) is 2.93. The van der Waals surface area contributed by atoms with Crippen LogP contribution in [-0.2, 0) is 11.3 Å². The van der Waals surface area contributed by atoms with Crippen molar-refractivity contribution < 1.29 is 19.5 Å². The number of carboxylic acids is 1. The third kappa shape index (κ3) is 7.97. The van der Waals surface area contributed by atoms with Crippen LogP contribution in [0.2, 0.25) is 0 Å². The molecule has 0 saturated carbocycles. The number of hydrogen-bond donors (Lipinski definition) is 4. The lowest BCUT2D eigenvalue weighted by Gasteiger charge is -2.16. The number of carboxylic acid groups (broad SMARTS) is 1. The van der Waals surface area contributed by atoms with Crippen LogP contribution in [0.15, 0.2) is 114 Å². The Bertz CT molecular complexity index is 1380. The van der Waals surface area contributed by atoms with Gasteiger partial charge in [-0.1, -0.05) is 66.7 Å². The summed E-state index contributed by atoms with van der Waals surface area (Å²) in [5, 5.41) is 17.5. The molecule has 8 heteroatoms. The van der Waals surface area contributed by atoms with Gasteiger partial charge in [0.2, 0.25) is 0 Å². The third-order valence-corrected chi connectivity index (χ3v) is 6.85. The Balaban J connectivity index is 1.34. The van der Waals surface area contributed by atoms with E-state index in [9.17, 15) is 19.5 Å². The second-order valence-corrected chi connectivity index (χ2v) is 9.74. The van der Waals surface area contributed by atoms with E-state index in [4.69, 9.17) is 0 Å². The zero-order valence-corrected chi connectivity index (χ0v) is 21.3. The summed E-state index contributed by atoms with van der Waals surface area (Å²) in [6.07, 6.45) is -0.0179. The summed E-state index contributed by atoms with van der Waals surface area (Å²) >= 11 is 1.44. The highest BCUT2D eigenvalue weighted by molar-refractivity contribution is 7.99. The van der Waals surface area contributed by atoms with Gasteiger partial charge in [-0.2, -0.15) is 0 Å². The van der Waals surface area contributed by atoms with Crippen LogP contribution in [0.4, 0.5) is 16.2 Å². The fraction of sp³-hybridized carbons (Fsp3) is 0.100. The highest BCUT2D eigenvalue weighted by atomic mass is 32.2. The van der Waals surface area contributed by atoms with Crippen LogP contribution < -0.4 is 16.0 Å². The zero-order valence-electron chi connectivity index (χ0n) is 20.5. The van der Waals surface area contributed by atoms with Crippen LogP contribution in [0.25, 0.3) is 0 Å². The van der Waals surface area contributed by atoms with Crippen LogP contribution in [-0.4, -0.2) is 23.0 Å². The quantitative estimate of drug-likeness (QED) is 0.175. The smallest absolute Gasteiger partial charge is 0.319 e. The molecule has 7 nitrogen and oxygen atoms in total. The topological polar surface area (TPSA) is 108 Å². The number of rotatable bonds is 10. The fourth-order valence-electron chi connectivity index (χ4n) is 3.73. The van der Waals surface area contributed by atoms with Crippen LogP contribution in [0.5, 0.6) is 0 Å². The SMILES string of the molecule is O=C(O)CC(Sc1cccc(NC(=O)c2ccc(NC(=O)NCc3ccccc3)cc2)c1)c1ccccc1. The Hall–Kier alpha value is -4.56. The largest absolute Gasteiger partial charge is 0.481 e. The molecule has 38 heavy (non-hydrogen) atoms. The minimum absolute atomic E-state index is 0.0179. The summed E-state index contributed by atoms with van der Waals surface area (Å²) in [5.74, 6) is -1.17. The molecule has 4 N–H and O–H groups in total. The van der Waals surface area contributed by atoms with E-state index >= 15 is 0 Å². The van der Waals surface area contributed by atoms with E-state index in [1.165, 1.54) is 11.8 Å². The Kier molecular flexibility index (Phi) is 9.15. The van der Waals surface area contributed by atoms with Gasteiger partial charge in [0.15, 0.2) is 0 Å². The zero-order chi connectivity index (χ0) is 26.7. The monoisotopic (exact) mass is 525 g/mol. The number of nitrogens with one attached hydrogen (secondary N) is 3. The molecule has 0 bridgehead atoms. The molecule has 0 aromatic heterocycles. The van der Waals surface area contributed by atoms with Gasteiger partial charge in [0.25, 0.3) is 5.91 Å². The number of thioether (sulfide) groups is 1. The number of aliphatic carboxylic acids is 1. The first-order valence-electron chi connectivity index (χ1n) is 12.0. The molecule has 4 aromatic rings. The van der Waals surface area contributed by atoms with Gasteiger partial charge in [-0.25, -0.2) is 4.79 Å². The van der Waals surface area contributed by atoms with Crippen molar-refractivity contribution in [2.75, 3.05) is 10.6 Å². The highest BCUT2D eigenvalue weighted by Crippen LogP contribution is 2.38. The van der Waals surface area contributed by atoms with Crippen molar-refractivity contribution in [2.24, 2.45) is 0 Å². The van der Waals surface area contributed by atoms with Crippen LogP contribution in [0.1, 0.15) is 33.2 Å². The van der Waals surface area contributed by atoms with Crippen LogP contribution in [0.3, 0.4) is 0 Å². The molecule has 0 radical (unpaired) electrons. The molecule has 0 fully saturated rings. The first-order valence-corrected chi connectivity index (χ1v) is 12.9. The Morgan fingerprint density at radius 2 is 1.42 bits per heavy atom. The number of urea groups is 1. The molecule has 0 saturated heterocycles. The van der Waals surface area contributed by atoms with E-state index in [-0.39, 0.29) is 23.6 Å². The number of carbonyl (C=O) groups is 3. The molecule has 0 aliphatic rings. The molecule has 3 amide bonds. The molecule has 192 valence electrons. The van der Waals surface area contributed by atoms with Gasteiger partial charge >= 0.3 is 12.0 Å². The van der Waals surface area contributed by atoms with Crippen molar-refractivity contribution in [1.82, 2.24) is 5.32 Å². The summed E-state index contributed by atoms with van der Waals surface area (Å²) in [5.41, 5.74) is 3.53. The Labute approximate surface area is 225 Å². The van der Waals surface area contributed by atoms with E-state index < -0.39 is 5.97 Å². The molecule has 1 unspecified atom stereocenters. The number of hydrogen-bond acceptors (Lipinski definition) is 4.